The Balaban J connectivity index is 2.04. The van der Waals surface area contributed by atoms with E-state index < -0.39 is 0 Å². The van der Waals surface area contributed by atoms with E-state index in [9.17, 15) is 9.59 Å². The minimum atomic E-state index is -0.372. The van der Waals surface area contributed by atoms with Crippen molar-refractivity contribution in [1.82, 2.24) is 5.43 Å². The first-order chi connectivity index (χ1) is 12.0. The lowest BCUT2D eigenvalue weighted by Crippen LogP contribution is -2.17. The molecule has 130 valence electrons. The van der Waals surface area contributed by atoms with Crippen molar-refractivity contribution in [3.8, 4) is 5.75 Å². The van der Waals surface area contributed by atoms with Gasteiger partial charge in [-0.25, -0.2) is 5.43 Å². The maximum absolute atomic E-state index is 12.0. The predicted octanol–water partition coefficient (Wildman–Crippen LogP) is 3.28. The number of benzene rings is 2. The molecule has 0 bridgehead atoms. The van der Waals surface area contributed by atoms with Crippen molar-refractivity contribution in [1.29, 1.82) is 0 Å². The molecule has 0 aliphatic carbocycles. The smallest absolute Gasteiger partial charge is 0.302 e. The maximum Gasteiger partial charge on any atom is 0.302 e. The Hall–Kier alpha value is -2.67. The molecule has 25 heavy (non-hydrogen) atoms. The molecular weight excluding hydrogens is 388 g/mol. The number of hydrogen-bond acceptors (Lipinski definition) is 5. The lowest BCUT2D eigenvalue weighted by Gasteiger charge is -2.09. The van der Waals surface area contributed by atoms with Crippen LogP contribution in [0.4, 0.5) is 0 Å². The number of halogens is 1. The number of esters is 1. The summed E-state index contributed by atoms with van der Waals surface area (Å²) in [6, 6.07) is 12.3. The molecule has 0 unspecified atom stereocenters. The number of methoxy groups -OCH3 is 1. The van der Waals surface area contributed by atoms with Crippen LogP contribution < -0.4 is 10.2 Å². The first-order valence-electron chi connectivity index (χ1n) is 7.39. The Kier molecular flexibility index (Phi) is 6.71. The quantitative estimate of drug-likeness (QED) is 0.455. The molecule has 2 aromatic rings. The van der Waals surface area contributed by atoms with Crippen molar-refractivity contribution in [2.45, 2.75) is 13.5 Å². The van der Waals surface area contributed by atoms with Gasteiger partial charge in [0.25, 0.3) is 5.91 Å². The highest BCUT2D eigenvalue weighted by molar-refractivity contribution is 9.10. The number of ether oxygens (including phenoxy) is 2. The molecule has 0 atom stereocenters. The zero-order chi connectivity index (χ0) is 18.2. The fraction of sp³-hybridized carbons (Fsp3) is 0.167. The second kappa shape index (κ2) is 8.98. The van der Waals surface area contributed by atoms with E-state index in [0.29, 0.717) is 16.9 Å². The summed E-state index contributed by atoms with van der Waals surface area (Å²) in [7, 11) is 1.54. The Bertz CT molecular complexity index is 788. The van der Waals surface area contributed by atoms with E-state index in [2.05, 4.69) is 26.5 Å². The second-order valence-electron chi connectivity index (χ2n) is 5.06. The first kappa shape index (κ1) is 18.7. The van der Waals surface area contributed by atoms with Gasteiger partial charge < -0.3 is 9.47 Å². The fourth-order valence-corrected chi connectivity index (χ4v) is 2.27. The molecule has 2 rings (SSSR count). The maximum atomic E-state index is 12.0. The van der Waals surface area contributed by atoms with Gasteiger partial charge in [0.15, 0.2) is 0 Å². The number of hydrogen-bond donors (Lipinski definition) is 1. The van der Waals surface area contributed by atoms with E-state index in [1.54, 1.807) is 49.6 Å². The van der Waals surface area contributed by atoms with E-state index in [1.807, 2.05) is 0 Å². The summed E-state index contributed by atoms with van der Waals surface area (Å²) >= 11 is 3.31. The minimum absolute atomic E-state index is 0.103. The summed E-state index contributed by atoms with van der Waals surface area (Å²) < 4.78 is 11.1. The molecule has 0 spiro atoms. The van der Waals surface area contributed by atoms with Gasteiger partial charge in [0.05, 0.1) is 13.3 Å². The summed E-state index contributed by atoms with van der Waals surface area (Å²) in [5.41, 5.74) is 4.41. The molecule has 1 amide bonds. The Morgan fingerprint density at radius 2 is 1.92 bits per heavy atom. The van der Waals surface area contributed by atoms with Gasteiger partial charge >= 0.3 is 5.97 Å². The molecule has 1 N–H and O–H groups in total. The van der Waals surface area contributed by atoms with Crippen LogP contribution in [0.15, 0.2) is 52.0 Å². The lowest BCUT2D eigenvalue weighted by molar-refractivity contribution is -0.142. The van der Waals surface area contributed by atoms with Gasteiger partial charge in [0.2, 0.25) is 0 Å². The van der Waals surface area contributed by atoms with Gasteiger partial charge in [-0.1, -0.05) is 15.9 Å². The molecule has 0 fully saturated rings. The third kappa shape index (κ3) is 5.72. The van der Waals surface area contributed by atoms with E-state index in [4.69, 9.17) is 9.47 Å². The number of carbonyl (C=O) groups is 2. The third-order valence-corrected chi connectivity index (χ3v) is 3.75. The molecular formula is C18H17BrN2O4. The average molecular weight is 405 g/mol. The number of hydrazone groups is 1. The highest BCUT2D eigenvalue weighted by atomic mass is 79.9. The summed E-state index contributed by atoms with van der Waals surface area (Å²) in [5, 5.41) is 3.95. The van der Waals surface area contributed by atoms with Gasteiger partial charge in [-0.15, -0.1) is 0 Å². The highest BCUT2D eigenvalue weighted by Gasteiger charge is 2.06. The van der Waals surface area contributed by atoms with E-state index >= 15 is 0 Å². The van der Waals surface area contributed by atoms with Gasteiger partial charge in [-0.05, 0) is 48.0 Å². The van der Waals surface area contributed by atoms with Crippen molar-refractivity contribution in [2.75, 3.05) is 7.11 Å². The number of nitrogens with zero attached hydrogens (tertiary/aromatic N) is 1. The molecule has 0 aliphatic heterocycles. The largest absolute Gasteiger partial charge is 0.496 e. The molecule has 7 heteroatoms. The predicted molar refractivity (Wildman–Crippen MR) is 97.7 cm³/mol. The highest BCUT2D eigenvalue weighted by Crippen LogP contribution is 2.20. The number of amides is 1. The van der Waals surface area contributed by atoms with E-state index in [0.717, 1.165) is 10.0 Å². The van der Waals surface area contributed by atoms with Crippen LogP contribution in [0.3, 0.4) is 0 Å². The van der Waals surface area contributed by atoms with Gasteiger partial charge in [0.1, 0.15) is 12.4 Å². The van der Waals surface area contributed by atoms with Crippen LogP contribution in [0.1, 0.15) is 28.4 Å². The topological polar surface area (TPSA) is 77.0 Å². The molecule has 0 heterocycles. The SMILES string of the molecule is COc1ccc(/C=N/NC(=O)c2ccc(Br)cc2)cc1COC(C)=O. The van der Waals surface area contributed by atoms with Crippen LogP contribution >= 0.6 is 15.9 Å². The second-order valence-corrected chi connectivity index (χ2v) is 5.97. The van der Waals surface area contributed by atoms with Crippen LogP contribution in [0, 0.1) is 0 Å². The Morgan fingerprint density at radius 3 is 2.56 bits per heavy atom. The van der Waals surface area contributed by atoms with Crippen molar-refractivity contribution in [3.05, 3.63) is 63.6 Å². The first-order valence-corrected chi connectivity index (χ1v) is 8.18. The summed E-state index contributed by atoms with van der Waals surface area (Å²) in [5.74, 6) is -0.0717. The van der Waals surface area contributed by atoms with Crippen LogP contribution in [0.2, 0.25) is 0 Å². The molecule has 0 aromatic heterocycles. The van der Waals surface area contributed by atoms with Gasteiger partial charge in [0, 0.05) is 22.5 Å². The number of rotatable bonds is 6. The fourth-order valence-electron chi connectivity index (χ4n) is 2.00. The average Bonchev–Trinajstić information content (AvgIpc) is 2.60. The van der Waals surface area contributed by atoms with Crippen molar-refractivity contribution in [3.63, 3.8) is 0 Å². The Labute approximate surface area is 154 Å². The zero-order valence-corrected chi connectivity index (χ0v) is 15.4. The van der Waals surface area contributed by atoms with E-state index in [1.165, 1.54) is 13.1 Å². The van der Waals surface area contributed by atoms with Crippen molar-refractivity contribution < 1.29 is 19.1 Å². The molecule has 0 saturated heterocycles. The Morgan fingerprint density at radius 1 is 1.20 bits per heavy atom. The monoisotopic (exact) mass is 404 g/mol. The van der Waals surface area contributed by atoms with Crippen LogP contribution in [-0.2, 0) is 16.1 Å². The third-order valence-electron chi connectivity index (χ3n) is 3.22. The molecule has 0 saturated carbocycles. The van der Waals surface area contributed by atoms with Gasteiger partial charge in [-0.3, -0.25) is 9.59 Å². The number of carbonyl (C=O) groups excluding carboxylic acids is 2. The summed E-state index contributed by atoms with van der Waals surface area (Å²) in [6.45, 7) is 1.45. The van der Waals surface area contributed by atoms with Crippen molar-refractivity contribution >= 4 is 34.0 Å². The normalized spacial score (nSPS) is 10.5. The van der Waals surface area contributed by atoms with Crippen molar-refractivity contribution in [2.24, 2.45) is 5.10 Å². The standard InChI is InChI=1S/C18H17BrN2O4/c1-12(22)25-11-15-9-13(3-8-17(15)24-2)10-20-21-18(23)14-4-6-16(19)7-5-14/h3-10H,11H2,1-2H3,(H,21,23)/b20-10+. The molecule has 2 aromatic carbocycles. The van der Waals surface area contributed by atoms with Crippen LogP contribution in [0.25, 0.3) is 0 Å². The van der Waals surface area contributed by atoms with Gasteiger partial charge in [-0.2, -0.15) is 5.10 Å². The number of nitrogens with one attached hydrogen (secondary N) is 1. The lowest BCUT2D eigenvalue weighted by atomic mass is 10.1. The molecule has 0 radical (unpaired) electrons. The minimum Gasteiger partial charge on any atom is -0.496 e. The van der Waals surface area contributed by atoms with Crippen LogP contribution in [0.5, 0.6) is 5.75 Å². The summed E-state index contributed by atoms with van der Waals surface area (Å²) in [4.78, 5) is 22.9. The zero-order valence-electron chi connectivity index (χ0n) is 13.8. The van der Waals surface area contributed by atoms with E-state index in [-0.39, 0.29) is 18.5 Å². The van der Waals surface area contributed by atoms with Crippen LogP contribution in [-0.4, -0.2) is 25.2 Å². The summed E-state index contributed by atoms with van der Waals surface area (Å²) in [6.07, 6.45) is 1.51. The molecule has 0 aliphatic rings. The molecule has 6 nitrogen and oxygen atoms in total.